The van der Waals surface area contributed by atoms with E-state index in [-0.39, 0.29) is 18.4 Å². The van der Waals surface area contributed by atoms with Crippen molar-refractivity contribution in [1.29, 1.82) is 0 Å². The molecule has 0 aromatic carbocycles. The molecule has 0 aliphatic rings. The predicted molar refractivity (Wildman–Crippen MR) is 74.9 cm³/mol. The van der Waals surface area contributed by atoms with Gasteiger partial charge in [0.2, 0.25) is 11.8 Å². The van der Waals surface area contributed by atoms with Crippen LogP contribution < -0.4 is 5.32 Å². The van der Waals surface area contributed by atoms with Gasteiger partial charge in [0.25, 0.3) is 0 Å². The maximum absolute atomic E-state index is 11.7. The van der Waals surface area contributed by atoms with Crippen LogP contribution in [-0.4, -0.2) is 75.6 Å². The molecule has 6 heteroatoms. The Kier molecular flexibility index (Phi) is 10.1. The lowest BCUT2D eigenvalue weighted by Crippen LogP contribution is -2.41. The number of hydrogen-bond acceptors (Lipinski definition) is 4. The van der Waals surface area contributed by atoms with Crippen LogP contribution >= 0.6 is 0 Å². The SMILES string of the molecule is COCCCNC(=O)CN(CCCN(C)C)C(C)=O. The summed E-state index contributed by atoms with van der Waals surface area (Å²) in [6.07, 6.45) is 1.65. The molecule has 0 heterocycles. The van der Waals surface area contributed by atoms with Crippen molar-refractivity contribution in [3.8, 4) is 0 Å². The number of hydrogen-bond donors (Lipinski definition) is 1. The molecule has 19 heavy (non-hydrogen) atoms. The first-order valence-corrected chi connectivity index (χ1v) is 6.63. The number of carbonyl (C=O) groups excluding carboxylic acids is 2. The highest BCUT2D eigenvalue weighted by molar-refractivity contribution is 5.83. The number of carbonyl (C=O) groups is 2. The van der Waals surface area contributed by atoms with Gasteiger partial charge < -0.3 is 19.9 Å². The van der Waals surface area contributed by atoms with Crippen molar-refractivity contribution < 1.29 is 14.3 Å². The molecular weight excluding hydrogens is 246 g/mol. The molecule has 0 bridgehead atoms. The summed E-state index contributed by atoms with van der Waals surface area (Å²) in [6.45, 7) is 4.34. The van der Waals surface area contributed by atoms with E-state index in [1.165, 1.54) is 6.92 Å². The molecule has 0 aromatic heterocycles. The number of nitrogens with zero attached hydrogens (tertiary/aromatic N) is 2. The quantitative estimate of drug-likeness (QED) is 0.566. The molecule has 0 fully saturated rings. The minimum absolute atomic E-state index is 0.0641. The van der Waals surface area contributed by atoms with Gasteiger partial charge >= 0.3 is 0 Å². The Bertz CT molecular complexity index is 270. The molecule has 112 valence electrons. The van der Waals surface area contributed by atoms with Crippen LogP contribution in [0.2, 0.25) is 0 Å². The summed E-state index contributed by atoms with van der Waals surface area (Å²) in [5.41, 5.74) is 0. The molecule has 0 unspecified atom stereocenters. The Morgan fingerprint density at radius 1 is 1.16 bits per heavy atom. The summed E-state index contributed by atoms with van der Waals surface area (Å²) < 4.78 is 4.90. The third kappa shape index (κ3) is 10.5. The fraction of sp³-hybridized carbons (Fsp3) is 0.846. The minimum atomic E-state index is -0.115. The van der Waals surface area contributed by atoms with Crippen LogP contribution in [0.1, 0.15) is 19.8 Å². The van der Waals surface area contributed by atoms with Gasteiger partial charge in [0, 0.05) is 33.7 Å². The van der Waals surface area contributed by atoms with Gasteiger partial charge in [0.15, 0.2) is 0 Å². The van der Waals surface area contributed by atoms with Crippen molar-refractivity contribution >= 4 is 11.8 Å². The molecule has 0 atom stereocenters. The topological polar surface area (TPSA) is 61.9 Å². The van der Waals surface area contributed by atoms with Crippen LogP contribution in [0, 0.1) is 0 Å². The molecule has 0 aliphatic carbocycles. The normalized spacial score (nSPS) is 10.6. The lowest BCUT2D eigenvalue weighted by Gasteiger charge is -2.21. The fourth-order valence-corrected chi connectivity index (χ4v) is 1.60. The van der Waals surface area contributed by atoms with Crippen molar-refractivity contribution in [2.45, 2.75) is 19.8 Å². The van der Waals surface area contributed by atoms with Crippen molar-refractivity contribution in [3.05, 3.63) is 0 Å². The largest absolute Gasteiger partial charge is 0.385 e. The van der Waals surface area contributed by atoms with E-state index in [1.54, 1.807) is 12.0 Å². The van der Waals surface area contributed by atoms with E-state index in [1.807, 2.05) is 14.1 Å². The van der Waals surface area contributed by atoms with Gasteiger partial charge in [0.05, 0.1) is 6.54 Å². The summed E-state index contributed by atoms with van der Waals surface area (Å²) in [5, 5.41) is 2.78. The van der Waals surface area contributed by atoms with E-state index in [9.17, 15) is 9.59 Å². The molecule has 0 aliphatic heterocycles. The van der Waals surface area contributed by atoms with Gasteiger partial charge in [-0.15, -0.1) is 0 Å². The summed E-state index contributed by atoms with van der Waals surface area (Å²) in [6, 6.07) is 0. The first-order chi connectivity index (χ1) is 8.97. The maximum atomic E-state index is 11.7. The van der Waals surface area contributed by atoms with E-state index in [0.717, 1.165) is 19.4 Å². The predicted octanol–water partition coefficient (Wildman–Crippen LogP) is -0.0607. The van der Waals surface area contributed by atoms with Gasteiger partial charge in [-0.2, -0.15) is 0 Å². The lowest BCUT2D eigenvalue weighted by molar-refractivity contribution is -0.134. The molecule has 2 amide bonds. The van der Waals surface area contributed by atoms with Crippen molar-refractivity contribution in [2.24, 2.45) is 0 Å². The van der Waals surface area contributed by atoms with Crippen LogP contribution in [-0.2, 0) is 14.3 Å². The van der Waals surface area contributed by atoms with Gasteiger partial charge in [-0.05, 0) is 33.5 Å². The van der Waals surface area contributed by atoms with Gasteiger partial charge in [0.1, 0.15) is 0 Å². The Morgan fingerprint density at radius 2 is 1.84 bits per heavy atom. The van der Waals surface area contributed by atoms with E-state index >= 15 is 0 Å². The Labute approximate surface area is 116 Å². The van der Waals surface area contributed by atoms with E-state index in [0.29, 0.717) is 19.7 Å². The number of ether oxygens (including phenoxy) is 1. The second-order valence-electron chi connectivity index (χ2n) is 4.79. The highest BCUT2D eigenvalue weighted by Crippen LogP contribution is 1.94. The van der Waals surface area contributed by atoms with Crippen molar-refractivity contribution in [3.63, 3.8) is 0 Å². The van der Waals surface area contributed by atoms with Crippen LogP contribution in [0.3, 0.4) is 0 Å². The van der Waals surface area contributed by atoms with Gasteiger partial charge in [-0.3, -0.25) is 9.59 Å². The third-order valence-corrected chi connectivity index (χ3v) is 2.66. The number of methoxy groups -OCH3 is 1. The highest BCUT2D eigenvalue weighted by atomic mass is 16.5. The molecule has 0 spiro atoms. The first-order valence-electron chi connectivity index (χ1n) is 6.63. The van der Waals surface area contributed by atoms with E-state index in [4.69, 9.17) is 4.74 Å². The molecule has 0 saturated carbocycles. The second-order valence-corrected chi connectivity index (χ2v) is 4.79. The highest BCUT2D eigenvalue weighted by Gasteiger charge is 2.12. The van der Waals surface area contributed by atoms with Gasteiger partial charge in [-0.25, -0.2) is 0 Å². The lowest BCUT2D eigenvalue weighted by atomic mass is 10.3. The average Bonchev–Trinajstić information content (AvgIpc) is 2.33. The zero-order valence-electron chi connectivity index (χ0n) is 12.6. The summed E-state index contributed by atoms with van der Waals surface area (Å²) >= 11 is 0. The van der Waals surface area contributed by atoms with Crippen LogP contribution in [0.15, 0.2) is 0 Å². The Morgan fingerprint density at radius 3 is 2.37 bits per heavy atom. The standard InChI is InChI=1S/C13H27N3O3/c1-12(17)16(9-6-8-15(2)3)11-13(18)14-7-5-10-19-4/h5-11H2,1-4H3,(H,14,18). The van der Waals surface area contributed by atoms with Crippen LogP contribution in [0.25, 0.3) is 0 Å². The van der Waals surface area contributed by atoms with Crippen molar-refractivity contribution in [1.82, 2.24) is 15.1 Å². The molecule has 6 nitrogen and oxygen atoms in total. The average molecular weight is 273 g/mol. The summed E-state index contributed by atoms with van der Waals surface area (Å²) in [5.74, 6) is -0.179. The number of rotatable bonds is 10. The molecule has 0 saturated heterocycles. The van der Waals surface area contributed by atoms with Gasteiger partial charge in [-0.1, -0.05) is 0 Å². The zero-order chi connectivity index (χ0) is 14.7. The Hall–Kier alpha value is -1.14. The van der Waals surface area contributed by atoms with Crippen LogP contribution in [0.5, 0.6) is 0 Å². The molecular formula is C13H27N3O3. The fourth-order valence-electron chi connectivity index (χ4n) is 1.60. The van der Waals surface area contributed by atoms with Crippen molar-refractivity contribution in [2.75, 3.05) is 54.0 Å². The molecule has 0 radical (unpaired) electrons. The van der Waals surface area contributed by atoms with Crippen LogP contribution in [0.4, 0.5) is 0 Å². The minimum Gasteiger partial charge on any atom is -0.385 e. The Balaban J connectivity index is 3.91. The van der Waals surface area contributed by atoms with E-state index in [2.05, 4.69) is 10.2 Å². The molecule has 1 N–H and O–H groups in total. The number of amides is 2. The maximum Gasteiger partial charge on any atom is 0.239 e. The monoisotopic (exact) mass is 273 g/mol. The summed E-state index contributed by atoms with van der Waals surface area (Å²) in [7, 11) is 5.60. The first kappa shape index (κ1) is 17.9. The van der Waals surface area contributed by atoms with E-state index < -0.39 is 0 Å². The third-order valence-electron chi connectivity index (χ3n) is 2.66. The molecule has 0 rings (SSSR count). The second kappa shape index (κ2) is 10.8. The smallest absolute Gasteiger partial charge is 0.239 e. The molecule has 0 aromatic rings. The zero-order valence-corrected chi connectivity index (χ0v) is 12.6. The summed E-state index contributed by atoms with van der Waals surface area (Å²) in [4.78, 5) is 26.7. The number of nitrogens with one attached hydrogen (secondary N) is 1.